The molecule has 96 valence electrons. The molecule has 0 bridgehead atoms. The molecule has 1 aromatic carbocycles. The zero-order valence-corrected chi connectivity index (χ0v) is 10.5. The number of H-pyrrole nitrogens is 1. The average molecular weight is 256 g/mol. The highest BCUT2D eigenvalue weighted by atomic mass is 16.5. The molecule has 0 aliphatic rings. The molecular formula is C14H12N2O3. The van der Waals surface area contributed by atoms with Crippen molar-refractivity contribution in [3.8, 4) is 11.1 Å². The molecule has 0 radical (unpaired) electrons. The van der Waals surface area contributed by atoms with Gasteiger partial charge in [-0.1, -0.05) is 11.2 Å². The molecular weight excluding hydrogens is 244 g/mol. The van der Waals surface area contributed by atoms with E-state index in [1.54, 1.807) is 6.07 Å². The number of carboxylic acid groups (broad SMARTS) is 1. The molecule has 0 atom stereocenters. The lowest BCUT2D eigenvalue weighted by molar-refractivity contribution is 0.0691. The van der Waals surface area contributed by atoms with E-state index in [9.17, 15) is 4.79 Å². The first-order chi connectivity index (χ1) is 9.06. The van der Waals surface area contributed by atoms with Crippen molar-refractivity contribution >= 4 is 16.9 Å². The fourth-order valence-corrected chi connectivity index (χ4v) is 2.30. The van der Waals surface area contributed by atoms with Crippen molar-refractivity contribution in [2.45, 2.75) is 13.8 Å². The molecule has 0 fully saturated rings. The summed E-state index contributed by atoms with van der Waals surface area (Å²) in [6, 6.07) is 7.35. The van der Waals surface area contributed by atoms with Gasteiger partial charge >= 0.3 is 5.97 Å². The van der Waals surface area contributed by atoms with Crippen LogP contribution in [-0.4, -0.2) is 21.2 Å². The second-order valence-corrected chi connectivity index (χ2v) is 4.49. The van der Waals surface area contributed by atoms with Gasteiger partial charge in [0.15, 0.2) is 0 Å². The number of hydrogen-bond acceptors (Lipinski definition) is 3. The predicted octanol–water partition coefficient (Wildman–Crippen LogP) is 3.14. The Bertz CT molecular complexity index is 764. The Morgan fingerprint density at radius 2 is 2.11 bits per heavy atom. The lowest BCUT2D eigenvalue weighted by Crippen LogP contribution is -1.94. The molecule has 5 nitrogen and oxygen atoms in total. The fraction of sp³-hybridized carbons (Fsp3) is 0.143. The minimum Gasteiger partial charge on any atom is -0.477 e. The molecule has 5 heteroatoms. The minimum absolute atomic E-state index is 0.186. The van der Waals surface area contributed by atoms with Crippen molar-refractivity contribution < 1.29 is 14.4 Å². The number of nitrogens with one attached hydrogen (secondary N) is 1. The molecule has 0 spiro atoms. The normalized spacial score (nSPS) is 11.1. The smallest absolute Gasteiger partial charge is 0.352 e. The third-order valence-corrected chi connectivity index (χ3v) is 3.17. The van der Waals surface area contributed by atoms with Crippen molar-refractivity contribution in [3.63, 3.8) is 0 Å². The van der Waals surface area contributed by atoms with Crippen molar-refractivity contribution in [2.24, 2.45) is 0 Å². The number of aromatic amines is 1. The molecule has 19 heavy (non-hydrogen) atoms. The third-order valence-electron chi connectivity index (χ3n) is 3.17. The van der Waals surface area contributed by atoms with Crippen LogP contribution in [0.25, 0.3) is 22.0 Å². The Hall–Kier alpha value is -2.56. The molecule has 0 aliphatic heterocycles. The monoisotopic (exact) mass is 256 g/mol. The topological polar surface area (TPSA) is 79.1 Å². The average Bonchev–Trinajstić information content (AvgIpc) is 2.92. The van der Waals surface area contributed by atoms with Crippen LogP contribution in [0.5, 0.6) is 0 Å². The largest absolute Gasteiger partial charge is 0.477 e. The van der Waals surface area contributed by atoms with Crippen LogP contribution in [0.2, 0.25) is 0 Å². The number of fused-ring (bicyclic) bond motifs is 1. The number of nitrogens with zero attached hydrogens (tertiary/aromatic N) is 1. The summed E-state index contributed by atoms with van der Waals surface area (Å²) in [5.41, 5.74) is 3.74. The molecule has 0 aliphatic carbocycles. The summed E-state index contributed by atoms with van der Waals surface area (Å²) in [5, 5.41) is 13.8. The first kappa shape index (κ1) is 11.5. The van der Waals surface area contributed by atoms with E-state index in [2.05, 4.69) is 10.1 Å². The first-order valence-corrected chi connectivity index (χ1v) is 5.85. The Balaban J connectivity index is 2.19. The molecule has 0 amide bonds. The summed E-state index contributed by atoms with van der Waals surface area (Å²) >= 11 is 0. The van der Waals surface area contributed by atoms with E-state index < -0.39 is 5.97 Å². The van der Waals surface area contributed by atoms with E-state index in [1.165, 1.54) is 0 Å². The summed E-state index contributed by atoms with van der Waals surface area (Å²) in [5.74, 6) is -0.207. The SMILES string of the molecule is Cc1noc(C)c1-c1ccc2[nH]c(C(=O)O)cc2c1. The lowest BCUT2D eigenvalue weighted by atomic mass is 10.0. The number of aromatic carboxylic acids is 1. The zero-order valence-electron chi connectivity index (χ0n) is 10.5. The lowest BCUT2D eigenvalue weighted by Gasteiger charge is -2.00. The van der Waals surface area contributed by atoms with Gasteiger partial charge in [-0.15, -0.1) is 0 Å². The van der Waals surface area contributed by atoms with Crippen molar-refractivity contribution in [2.75, 3.05) is 0 Å². The highest BCUT2D eigenvalue weighted by Crippen LogP contribution is 2.29. The van der Waals surface area contributed by atoms with Crippen LogP contribution in [0.3, 0.4) is 0 Å². The van der Waals surface area contributed by atoms with Crippen molar-refractivity contribution in [3.05, 3.63) is 41.4 Å². The van der Waals surface area contributed by atoms with Crippen LogP contribution in [0.1, 0.15) is 21.9 Å². The second-order valence-electron chi connectivity index (χ2n) is 4.49. The highest BCUT2D eigenvalue weighted by Gasteiger charge is 2.13. The van der Waals surface area contributed by atoms with Crippen LogP contribution in [0, 0.1) is 13.8 Å². The van der Waals surface area contributed by atoms with E-state index in [4.69, 9.17) is 9.63 Å². The number of rotatable bonds is 2. The zero-order chi connectivity index (χ0) is 13.6. The standard InChI is InChI=1S/C14H12N2O3/c1-7-13(8(2)19-16-7)9-3-4-11-10(5-9)6-12(15-11)14(17)18/h3-6,15H,1-2H3,(H,17,18). The maximum Gasteiger partial charge on any atom is 0.352 e. The second kappa shape index (κ2) is 3.98. The summed E-state index contributed by atoms with van der Waals surface area (Å²) in [4.78, 5) is 13.8. The Morgan fingerprint density at radius 3 is 2.74 bits per heavy atom. The molecule has 0 unspecified atom stereocenters. The number of aryl methyl sites for hydroxylation is 2. The van der Waals surface area contributed by atoms with E-state index in [0.29, 0.717) is 0 Å². The Labute approximate surface area is 108 Å². The highest BCUT2D eigenvalue weighted by molar-refractivity contribution is 5.95. The van der Waals surface area contributed by atoms with Gasteiger partial charge in [0, 0.05) is 16.5 Å². The maximum absolute atomic E-state index is 10.9. The van der Waals surface area contributed by atoms with Gasteiger partial charge in [-0.25, -0.2) is 4.79 Å². The summed E-state index contributed by atoms with van der Waals surface area (Å²) < 4.78 is 5.15. The number of carbonyl (C=O) groups is 1. The summed E-state index contributed by atoms with van der Waals surface area (Å²) in [6.07, 6.45) is 0. The molecule has 2 heterocycles. The van der Waals surface area contributed by atoms with Gasteiger partial charge in [-0.2, -0.15) is 0 Å². The number of benzene rings is 1. The molecule has 3 rings (SSSR count). The van der Waals surface area contributed by atoms with E-state index in [-0.39, 0.29) is 5.69 Å². The summed E-state index contributed by atoms with van der Waals surface area (Å²) in [6.45, 7) is 3.75. The van der Waals surface area contributed by atoms with Crippen LogP contribution in [0.15, 0.2) is 28.8 Å². The van der Waals surface area contributed by atoms with Crippen LogP contribution in [-0.2, 0) is 0 Å². The van der Waals surface area contributed by atoms with Crippen molar-refractivity contribution in [1.29, 1.82) is 0 Å². The van der Waals surface area contributed by atoms with Gasteiger partial charge in [0.1, 0.15) is 11.5 Å². The van der Waals surface area contributed by atoms with Gasteiger partial charge in [0.2, 0.25) is 0 Å². The third kappa shape index (κ3) is 1.79. The van der Waals surface area contributed by atoms with Crippen LogP contribution < -0.4 is 0 Å². The van der Waals surface area contributed by atoms with Gasteiger partial charge in [-0.3, -0.25) is 0 Å². The predicted molar refractivity (Wildman–Crippen MR) is 70.2 cm³/mol. The Kier molecular flexibility index (Phi) is 2.41. The van der Waals surface area contributed by atoms with Gasteiger partial charge in [-0.05, 0) is 37.6 Å². The first-order valence-electron chi connectivity index (χ1n) is 5.85. The van der Waals surface area contributed by atoms with Gasteiger partial charge in [0.05, 0.1) is 5.69 Å². The number of aromatic nitrogens is 2. The molecule has 2 N–H and O–H groups in total. The summed E-state index contributed by atoms with van der Waals surface area (Å²) in [7, 11) is 0. The van der Waals surface area contributed by atoms with E-state index in [1.807, 2.05) is 32.0 Å². The Morgan fingerprint density at radius 1 is 1.32 bits per heavy atom. The van der Waals surface area contributed by atoms with E-state index in [0.717, 1.165) is 33.5 Å². The van der Waals surface area contributed by atoms with E-state index >= 15 is 0 Å². The molecule has 2 aromatic heterocycles. The van der Waals surface area contributed by atoms with Crippen LogP contribution in [0.4, 0.5) is 0 Å². The van der Waals surface area contributed by atoms with Gasteiger partial charge in [0.25, 0.3) is 0 Å². The number of hydrogen-bond donors (Lipinski definition) is 2. The van der Waals surface area contributed by atoms with Gasteiger partial charge < -0.3 is 14.6 Å². The maximum atomic E-state index is 10.9. The quantitative estimate of drug-likeness (QED) is 0.738. The van der Waals surface area contributed by atoms with Crippen molar-refractivity contribution in [1.82, 2.24) is 10.1 Å². The fourth-order valence-electron chi connectivity index (χ4n) is 2.30. The molecule has 0 saturated heterocycles. The molecule has 3 aromatic rings. The molecule has 0 saturated carbocycles. The van der Waals surface area contributed by atoms with Crippen LogP contribution >= 0.6 is 0 Å². The minimum atomic E-state index is -0.963. The number of carboxylic acids is 1.